The molecule has 0 aromatic heterocycles. The van der Waals surface area contributed by atoms with Gasteiger partial charge in [-0.2, -0.15) is 0 Å². The van der Waals surface area contributed by atoms with Crippen LogP contribution in [0.15, 0.2) is 42.5 Å². The highest BCUT2D eigenvalue weighted by Gasteiger charge is 2.38. The highest BCUT2D eigenvalue weighted by molar-refractivity contribution is 6.22. The summed E-state index contributed by atoms with van der Waals surface area (Å²) in [6.07, 6.45) is 0.659. The first kappa shape index (κ1) is 22.7. The Kier molecular flexibility index (Phi) is 6.29. The lowest BCUT2D eigenvalue weighted by Gasteiger charge is -2.32. The maximum atomic E-state index is 12.8. The van der Waals surface area contributed by atoms with E-state index in [1.165, 1.54) is 17.0 Å². The van der Waals surface area contributed by atoms with Gasteiger partial charge in [0.2, 0.25) is 0 Å². The van der Waals surface area contributed by atoms with Crippen LogP contribution in [0.2, 0.25) is 0 Å². The normalized spacial score (nSPS) is 17.2. The average molecular weight is 449 g/mol. The first-order valence-electron chi connectivity index (χ1n) is 11.2. The largest absolute Gasteiger partial charge is 0.336 e. The first-order chi connectivity index (χ1) is 15.8. The Balaban J connectivity index is 1.44. The van der Waals surface area contributed by atoms with E-state index in [9.17, 15) is 19.2 Å². The summed E-state index contributed by atoms with van der Waals surface area (Å²) >= 11 is 0. The maximum absolute atomic E-state index is 12.8. The summed E-state index contributed by atoms with van der Waals surface area (Å²) in [6, 6.07) is 11.1. The Bertz CT molecular complexity index is 1100. The van der Waals surface area contributed by atoms with Gasteiger partial charge in [0.15, 0.2) is 0 Å². The Labute approximate surface area is 193 Å². The van der Waals surface area contributed by atoms with E-state index in [-0.39, 0.29) is 29.3 Å². The van der Waals surface area contributed by atoms with Gasteiger partial charge in [-0.25, -0.2) is 0 Å². The number of rotatable bonds is 5. The molecule has 2 aromatic carbocycles. The smallest absolute Gasteiger partial charge is 0.261 e. The van der Waals surface area contributed by atoms with Crippen LogP contribution in [0.25, 0.3) is 0 Å². The third-order valence-electron chi connectivity index (χ3n) is 6.39. The summed E-state index contributed by atoms with van der Waals surface area (Å²) in [5.74, 6) is -1.10. The van der Waals surface area contributed by atoms with Crippen LogP contribution < -0.4 is 5.32 Å². The van der Waals surface area contributed by atoms with Crippen molar-refractivity contribution in [2.24, 2.45) is 0 Å². The number of likely N-dealkylation sites (N-methyl/N-ethyl adjacent to an activating group) is 1. The molecule has 0 bridgehead atoms. The van der Waals surface area contributed by atoms with E-state index < -0.39 is 5.91 Å². The van der Waals surface area contributed by atoms with Crippen molar-refractivity contribution >= 4 is 29.3 Å². The molecule has 1 fully saturated rings. The summed E-state index contributed by atoms with van der Waals surface area (Å²) in [6.45, 7) is 6.84. The molecular weight excluding hydrogens is 420 g/mol. The molecule has 0 aliphatic carbocycles. The molecule has 4 rings (SSSR count). The van der Waals surface area contributed by atoms with Crippen LogP contribution in [-0.2, 0) is 0 Å². The summed E-state index contributed by atoms with van der Waals surface area (Å²) in [5, 5.41) is 2.79. The number of amides is 4. The number of nitrogens with zero attached hydrogens (tertiary/aromatic N) is 3. The van der Waals surface area contributed by atoms with E-state index in [2.05, 4.69) is 10.2 Å². The SMILES string of the molecule is CCC(C)N1C(=O)c2ccc(C(=O)Nc3ccc(C(=O)N4CCN(C)CC4)cc3)cc2C1=O. The zero-order valence-electron chi connectivity index (χ0n) is 19.1. The van der Waals surface area contributed by atoms with Gasteiger partial charge in [0.25, 0.3) is 23.6 Å². The van der Waals surface area contributed by atoms with Crippen molar-refractivity contribution in [3.05, 3.63) is 64.7 Å². The Morgan fingerprint density at radius 2 is 1.52 bits per heavy atom. The second kappa shape index (κ2) is 9.15. The lowest BCUT2D eigenvalue weighted by molar-refractivity contribution is 0.0592. The van der Waals surface area contributed by atoms with Crippen LogP contribution in [0.5, 0.6) is 0 Å². The van der Waals surface area contributed by atoms with Crippen LogP contribution >= 0.6 is 0 Å². The fourth-order valence-corrected chi connectivity index (χ4v) is 4.08. The van der Waals surface area contributed by atoms with Crippen molar-refractivity contribution in [2.45, 2.75) is 26.3 Å². The van der Waals surface area contributed by atoms with Crippen molar-refractivity contribution in [1.29, 1.82) is 0 Å². The second-order valence-electron chi connectivity index (χ2n) is 8.62. The average Bonchev–Trinajstić information content (AvgIpc) is 3.08. The molecule has 1 atom stereocenters. The molecule has 33 heavy (non-hydrogen) atoms. The van der Waals surface area contributed by atoms with Gasteiger partial charge in [-0.15, -0.1) is 0 Å². The molecule has 1 saturated heterocycles. The molecule has 8 heteroatoms. The monoisotopic (exact) mass is 448 g/mol. The molecule has 0 saturated carbocycles. The van der Waals surface area contributed by atoms with Gasteiger partial charge >= 0.3 is 0 Å². The zero-order chi connectivity index (χ0) is 23.7. The van der Waals surface area contributed by atoms with Crippen LogP contribution in [0, 0.1) is 0 Å². The summed E-state index contributed by atoms with van der Waals surface area (Å²) in [5.41, 5.74) is 1.98. The number of hydrogen-bond donors (Lipinski definition) is 1. The fourth-order valence-electron chi connectivity index (χ4n) is 4.08. The van der Waals surface area contributed by atoms with Gasteiger partial charge in [-0.3, -0.25) is 24.1 Å². The van der Waals surface area contributed by atoms with E-state index in [1.54, 1.807) is 30.3 Å². The molecule has 8 nitrogen and oxygen atoms in total. The molecule has 4 amide bonds. The van der Waals surface area contributed by atoms with Gasteiger partial charge in [0, 0.05) is 49.0 Å². The highest BCUT2D eigenvalue weighted by Crippen LogP contribution is 2.27. The molecular formula is C25H28N4O4. The third-order valence-corrected chi connectivity index (χ3v) is 6.39. The van der Waals surface area contributed by atoms with Crippen molar-refractivity contribution in [2.75, 3.05) is 38.5 Å². The van der Waals surface area contributed by atoms with Crippen molar-refractivity contribution in [3.8, 4) is 0 Å². The van der Waals surface area contributed by atoms with E-state index in [4.69, 9.17) is 0 Å². The minimum atomic E-state index is -0.391. The van der Waals surface area contributed by atoms with Gasteiger partial charge in [0.1, 0.15) is 0 Å². The van der Waals surface area contributed by atoms with Crippen molar-refractivity contribution in [1.82, 2.24) is 14.7 Å². The Morgan fingerprint density at radius 1 is 0.909 bits per heavy atom. The molecule has 1 N–H and O–H groups in total. The summed E-state index contributed by atoms with van der Waals surface area (Å²) in [4.78, 5) is 56.0. The molecule has 0 radical (unpaired) electrons. The lowest BCUT2D eigenvalue weighted by Crippen LogP contribution is -2.47. The van der Waals surface area contributed by atoms with E-state index in [0.29, 0.717) is 41.9 Å². The molecule has 2 aliphatic heterocycles. The minimum Gasteiger partial charge on any atom is -0.336 e. The van der Waals surface area contributed by atoms with Gasteiger partial charge in [-0.05, 0) is 62.9 Å². The molecule has 2 aliphatic rings. The molecule has 2 aromatic rings. The predicted molar refractivity (Wildman–Crippen MR) is 124 cm³/mol. The third kappa shape index (κ3) is 4.39. The number of nitrogens with one attached hydrogen (secondary N) is 1. The zero-order valence-corrected chi connectivity index (χ0v) is 19.1. The van der Waals surface area contributed by atoms with Gasteiger partial charge in [-0.1, -0.05) is 6.92 Å². The minimum absolute atomic E-state index is 0.0198. The number of hydrogen-bond acceptors (Lipinski definition) is 5. The number of fused-ring (bicyclic) bond motifs is 1. The van der Waals surface area contributed by atoms with Crippen LogP contribution in [0.1, 0.15) is 61.7 Å². The quantitative estimate of drug-likeness (QED) is 0.711. The van der Waals surface area contributed by atoms with E-state index >= 15 is 0 Å². The number of anilines is 1. The second-order valence-corrected chi connectivity index (χ2v) is 8.62. The lowest BCUT2D eigenvalue weighted by atomic mass is 10.1. The number of carbonyl (C=O) groups is 4. The molecule has 1 unspecified atom stereocenters. The number of imide groups is 1. The van der Waals surface area contributed by atoms with Gasteiger partial charge < -0.3 is 15.1 Å². The fraction of sp³-hybridized carbons (Fsp3) is 0.360. The summed E-state index contributed by atoms with van der Waals surface area (Å²) < 4.78 is 0. The molecule has 2 heterocycles. The van der Waals surface area contributed by atoms with E-state index in [0.717, 1.165) is 13.1 Å². The highest BCUT2D eigenvalue weighted by atomic mass is 16.2. The standard InChI is InChI=1S/C25H28N4O4/c1-4-16(2)29-24(32)20-10-7-18(15-21(20)25(29)33)22(30)26-19-8-5-17(6-9-19)23(31)28-13-11-27(3)12-14-28/h5-10,15-16H,4,11-14H2,1-3H3,(H,26,30). The van der Waals surface area contributed by atoms with Crippen LogP contribution in [0.4, 0.5) is 5.69 Å². The topological polar surface area (TPSA) is 90.0 Å². The molecule has 172 valence electrons. The first-order valence-corrected chi connectivity index (χ1v) is 11.2. The van der Waals surface area contributed by atoms with Crippen LogP contribution in [0.3, 0.4) is 0 Å². The van der Waals surface area contributed by atoms with Crippen molar-refractivity contribution < 1.29 is 19.2 Å². The predicted octanol–water partition coefficient (Wildman–Crippen LogP) is 2.72. The summed E-state index contributed by atoms with van der Waals surface area (Å²) in [7, 11) is 2.04. The Hall–Kier alpha value is -3.52. The van der Waals surface area contributed by atoms with Crippen molar-refractivity contribution in [3.63, 3.8) is 0 Å². The maximum Gasteiger partial charge on any atom is 0.261 e. The number of carbonyl (C=O) groups excluding carboxylic acids is 4. The number of benzene rings is 2. The molecule has 0 spiro atoms. The van der Waals surface area contributed by atoms with Crippen LogP contribution in [-0.4, -0.2) is 77.6 Å². The number of piperazine rings is 1. The Morgan fingerprint density at radius 3 is 2.15 bits per heavy atom. The van der Waals surface area contributed by atoms with E-state index in [1.807, 2.05) is 25.8 Å². The van der Waals surface area contributed by atoms with Gasteiger partial charge in [0.05, 0.1) is 11.1 Å².